The van der Waals surface area contributed by atoms with E-state index >= 15 is 0 Å². The Hall–Kier alpha value is -1.88. The van der Waals surface area contributed by atoms with E-state index < -0.39 is 5.97 Å². The number of nitrogens with one attached hydrogen (secondary N) is 1. The number of carboxylic acid groups (broad SMARTS) is 1. The molecule has 0 aliphatic rings. The van der Waals surface area contributed by atoms with Crippen LogP contribution in [0, 0.1) is 0 Å². The topological polar surface area (TPSA) is 92.4 Å². The van der Waals surface area contributed by atoms with E-state index in [4.69, 9.17) is 10.8 Å². The number of anilines is 1. The van der Waals surface area contributed by atoms with Crippen molar-refractivity contribution in [1.82, 2.24) is 0 Å². The zero-order valence-electron chi connectivity index (χ0n) is 11.1. The Balaban J connectivity index is 2.65. The summed E-state index contributed by atoms with van der Waals surface area (Å²) >= 11 is 0. The standard InChI is InChI=1S/C14H20N2O3/c1-2-5-11(15)9-13(17)16-12-7-4-3-6-10(12)8-14(18)19/h3-4,6-7,11H,2,5,8-9,15H2,1H3,(H,16,17)(H,18,19). The predicted molar refractivity (Wildman–Crippen MR) is 73.9 cm³/mol. The minimum atomic E-state index is -0.926. The molecule has 0 saturated heterocycles. The Morgan fingerprint density at radius 1 is 1.37 bits per heavy atom. The number of amides is 1. The Bertz CT molecular complexity index is 446. The van der Waals surface area contributed by atoms with E-state index in [2.05, 4.69) is 5.32 Å². The summed E-state index contributed by atoms with van der Waals surface area (Å²) in [7, 11) is 0. The van der Waals surface area contributed by atoms with Crippen LogP contribution in [0.4, 0.5) is 5.69 Å². The van der Waals surface area contributed by atoms with Gasteiger partial charge in [-0.2, -0.15) is 0 Å². The molecule has 1 aromatic carbocycles. The number of rotatable bonds is 7. The van der Waals surface area contributed by atoms with Gasteiger partial charge in [-0.05, 0) is 18.1 Å². The maximum Gasteiger partial charge on any atom is 0.307 e. The number of carbonyl (C=O) groups is 2. The van der Waals surface area contributed by atoms with Crippen molar-refractivity contribution < 1.29 is 14.7 Å². The molecule has 0 bridgehead atoms. The van der Waals surface area contributed by atoms with Crippen molar-refractivity contribution in [3.05, 3.63) is 29.8 Å². The van der Waals surface area contributed by atoms with E-state index in [1.165, 1.54) is 0 Å². The molecular weight excluding hydrogens is 244 g/mol. The first kappa shape index (κ1) is 15.2. The van der Waals surface area contributed by atoms with Crippen molar-refractivity contribution in [2.75, 3.05) is 5.32 Å². The molecule has 1 unspecified atom stereocenters. The molecule has 1 atom stereocenters. The molecule has 19 heavy (non-hydrogen) atoms. The highest BCUT2D eigenvalue weighted by molar-refractivity contribution is 5.92. The highest BCUT2D eigenvalue weighted by Crippen LogP contribution is 2.16. The largest absolute Gasteiger partial charge is 0.481 e. The van der Waals surface area contributed by atoms with E-state index in [0.717, 1.165) is 12.8 Å². The highest BCUT2D eigenvalue weighted by Gasteiger charge is 2.12. The zero-order chi connectivity index (χ0) is 14.3. The summed E-state index contributed by atoms with van der Waals surface area (Å²) < 4.78 is 0. The molecule has 1 aromatic rings. The van der Waals surface area contributed by atoms with Gasteiger partial charge in [-0.25, -0.2) is 0 Å². The minimum absolute atomic E-state index is 0.114. The second kappa shape index (κ2) is 7.53. The first-order valence-electron chi connectivity index (χ1n) is 6.38. The zero-order valence-corrected chi connectivity index (χ0v) is 11.1. The summed E-state index contributed by atoms with van der Waals surface area (Å²) in [6.07, 6.45) is 1.86. The Kier molecular flexibility index (Phi) is 6.02. The van der Waals surface area contributed by atoms with Gasteiger partial charge in [0.1, 0.15) is 0 Å². The molecule has 1 amide bonds. The molecule has 0 aromatic heterocycles. The van der Waals surface area contributed by atoms with Gasteiger partial charge < -0.3 is 16.2 Å². The van der Waals surface area contributed by atoms with Gasteiger partial charge in [0.05, 0.1) is 6.42 Å². The summed E-state index contributed by atoms with van der Waals surface area (Å²) in [6.45, 7) is 2.01. The average Bonchev–Trinajstić information content (AvgIpc) is 2.31. The summed E-state index contributed by atoms with van der Waals surface area (Å²) in [5, 5.41) is 11.5. The average molecular weight is 264 g/mol. The van der Waals surface area contributed by atoms with Crippen molar-refractivity contribution in [3.8, 4) is 0 Å². The predicted octanol–water partition coefficient (Wildman–Crippen LogP) is 1.77. The van der Waals surface area contributed by atoms with Crippen LogP contribution < -0.4 is 11.1 Å². The quantitative estimate of drug-likeness (QED) is 0.699. The van der Waals surface area contributed by atoms with Gasteiger partial charge in [0.25, 0.3) is 0 Å². The molecule has 0 saturated carbocycles. The van der Waals surface area contributed by atoms with Gasteiger partial charge in [0.15, 0.2) is 0 Å². The van der Waals surface area contributed by atoms with Gasteiger partial charge in [-0.15, -0.1) is 0 Å². The number of carbonyl (C=O) groups excluding carboxylic acids is 1. The third kappa shape index (κ3) is 5.52. The van der Waals surface area contributed by atoms with Crippen LogP contribution in [0.3, 0.4) is 0 Å². The fourth-order valence-electron chi connectivity index (χ4n) is 1.87. The van der Waals surface area contributed by atoms with Crippen molar-refractivity contribution in [1.29, 1.82) is 0 Å². The maximum absolute atomic E-state index is 11.8. The fraction of sp³-hybridized carbons (Fsp3) is 0.429. The minimum Gasteiger partial charge on any atom is -0.481 e. The van der Waals surface area contributed by atoms with Crippen LogP contribution in [0.2, 0.25) is 0 Å². The summed E-state index contributed by atoms with van der Waals surface area (Å²) in [6, 6.07) is 6.73. The number of hydrogen-bond donors (Lipinski definition) is 3. The third-order valence-electron chi connectivity index (χ3n) is 2.74. The molecule has 0 spiro atoms. The number of hydrogen-bond acceptors (Lipinski definition) is 3. The van der Waals surface area contributed by atoms with Gasteiger partial charge in [0, 0.05) is 18.2 Å². The van der Waals surface area contributed by atoms with Crippen LogP contribution in [0.15, 0.2) is 24.3 Å². The lowest BCUT2D eigenvalue weighted by Crippen LogP contribution is -2.27. The number of benzene rings is 1. The lowest BCUT2D eigenvalue weighted by atomic mass is 10.1. The molecule has 104 valence electrons. The van der Waals surface area contributed by atoms with Gasteiger partial charge in [0.2, 0.25) is 5.91 Å². The first-order chi connectivity index (χ1) is 9.02. The van der Waals surface area contributed by atoms with Crippen molar-refractivity contribution >= 4 is 17.6 Å². The second-order valence-electron chi connectivity index (χ2n) is 4.53. The Morgan fingerprint density at radius 3 is 2.68 bits per heavy atom. The summed E-state index contributed by atoms with van der Waals surface area (Å²) in [5.74, 6) is -1.11. The van der Waals surface area contributed by atoms with Crippen molar-refractivity contribution in [2.45, 2.75) is 38.6 Å². The van der Waals surface area contributed by atoms with E-state index in [1.807, 2.05) is 6.92 Å². The van der Waals surface area contributed by atoms with Gasteiger partial charge in [-0.1, -0.05) is 31.5 Å². The fourth-order valence-corrected chi connectivity index (χ4v) is 1.87. The monoisotopic (exact) mass is 264 g/mol. The second-order valence-corrected chi connectivity index (χ2v) is 4.53. The molecule has 0 aliphatic heterocycles. The highest BCUT2D eigenvalue weighted by atomic mass is 16.4. The molecule has 0 aliphatic carbocycles. The number of para-hydroxylation sites is 1. The van der Waals surface area contributed by atoms with Gasteiger partial charge >= 0.3 is 5.97 Å². The van der Waals surface area contributed by atoms with Crippen LogP contribution in [0.25, 0.3) is 0 Å². The van der Waals surface area contributed by atoms with Crippen LogP contribution in [0.1, 0.15) is 31.7 Å². The first-order valence-corrected chi connectivity index (χ1v) is 6.38. The molecule has 0 heterocycles. The van der Waals surface area contributed by atoms with E-state index in [0.29, 0.717) is 11.3 Å². The van der Waals surface area contributed by atoms with E-state index in [1.54, 1.807) is 24.3 Å². The van der Waals surface area contributed by atoms with Crippen LogP contribution in [-0.4, -0.2) is 23.0 Å². The molecule has 5 heteroatoms. The lowest BCUT2D eigenvalue weighted by Gasteiger charge is -2.12. The molecule has 0 radical (unpaired) electrons. The maximum atomic E-state index is 11.8. The third-order valence-corrected chi connectivity index (χ3v) is 2.74. The van der Waals surface area contributed by atoms with E-state index in [9.17, 15) is 9.59 Å². The van der Waals surface area contributed by atoms with Gasteiger partial charge in [-0.3, -0.25) is 9.59 Å². The van der Waals surface area contributed by atoms with Crippen LogP contribution in [-0.2, 0) is 16.0 Å². The molecule has 4 N–H and O–H groups in total. The number of carboxylic acids is 1. The number of nitrogens with two attached hydrogens (primary N) is 1. The van der Waals surface area contributed by atoms with Crippen LogP contribution >= 0.6 is 0 Å². The summed E-state index contributed by atoms with van der Waals surface area (Å²) in [5.41, 5.74) is 6.93. The molecule has 0 fully saturated rings. The van der Waals surface area contributed by atoms with Crippen molar-refractivity contribution in [3.63, 3.8) is 0 Å². The Labute approximate surface area is 112 Å². The summed E-state index contributed by atoms with van der Waals surface area (Å²) in [4.78, 5) is 22.5. The lowest BCUT2D eigenvalue weighted by molar-refractivity contribution is -0.136. The molecular formula is C14H20N2O3. The normalized spacial score (nSPS) is 11.9. The molecule has 1 rings (SSSR count). The van der Waals surface area contributed by atoms with E-state index in [-0.39, 0.29) is 24.8 Å². The Morgan fingerprint density at radius 2 is 2.05 bits per heavy atom. The smallest absolute Gasteiger partial charge is 0.307 e. The van der Waals surface area contributed by atoms with Crippen molar-refractivity contribution in [2.24, 2.45) is 5.73 Å². The van der Waals surface area contributed by atoms with Crippen LogP contribution in [0.5, 0.6) is 0 Å². The molecule has 5 nitrogen and oxygen atoms in total. The number of aliphatic carboxylic acids is 1. The SMILES string of the molecule is CCCC(N)CC(=O)Nc1ccccc1CC(=O)O.